The molecule has 1 saturated heterocycles. The monoisotopic (exact) mass is 1030 g/mol. The van der Waals surface area contributed by atoms with Gasteiger partial charge in [-0.15, -0.1) is 0 Å². The molecule has 0 bridgehead atoms. The van der Waals surface area contributed by atoms with Crippen molar-refractivity contribution in [2.45, 2.75) is 94.6 Å². The smallest absolute Gasteiger partial charge is 0.470 e. The average molecular weight is 1030 g/mol. The van der Waals surface area contributed by atoms with Crippen LogP contribution in [0.5, 0.6) is 0 Å². The van der Waals surface area contributed by atoms with E-state index in [0.717, 1.165) is 11.1 Å². The number of amides is 4. The van der Waals surface area contributed by atoms with E-state index in [1.807, 2.05) is 12.1 Å². The molecular weight excluding hydrogens is 978 g/mol. The Morgan fingerprint density at radius 2 is 1.71 bits per heavy atom. The van der Waals surface area contributed by atoms with Crippen LogP contribution < -0.4 is 21.3 Å². The SMILES string of the molecule is C[C@]12C=CC(=O)C=C1CC[C@H]1[C@@H]3C[C@H]4O[C@@H](c5cccc(Cc6ccc(NC(=O)CNC(=O)[C@H](CCC(=O)O)NC(=O)CNC(=O)CBr)cc6)c5)O[C@@]4(C(=O)COP(=O)(O)O)[C@@]3(C)C[C@H](O)[C@@]12F. The number of hydrogen-bond donors (Lipinski definition) is 8. The Bertz CT molecular complexity index is 2490. The molecule has 4 fully saturated rings. The van der Waals surface area contributed by atoms with Crippen LogP contribution in [0, 0.1) is 22.7 Å². The number of benzene rings is 2. The Labute approximate surface area is 398 Å². The van der Waals surface area contributed by atoms with Crippen LogP contribution in [-0.4, -0.2) is 116 Å². The fourth-order valence-electron chi connectivity index (χ4n) is 11.1. The zero-order valence-electron chi connectivity index (χ0n) is 37.1. The summed E-state index contributed by atoms with van der Waals surface area (Å²) in [6.07, 6.45) is 0.687. The second kappa shape index (κ2) is 19.8. The van der Waals surface area contributed by atoms with E-state index in [2.05, 4.69) is 37.2 Å². The molecule has 22 heteroatoms. The zero-order chi connectivity index (χ0) is 49.4. The largest absolute Gasteiger partial charge is 0.481 e. The number of ketones is 2. The van der Waals surface area contributed by atoms with Gasteiger partial charge in [-0.2, -0.15) is 0 Å². The molecule has 19 nitrogen and oxygen atoms in total. The third-order valence-corrected chi connectivity index (χ3v) is 15.3. The van der Waals surface area contributed by atoms with Crippen LogP contribution in [-0.2, 0) is 58.5 Å². The summed E-state index contributed by atoms with van der Waals surface area (Å²) in [6, 6.07) is 12.7. The Kier molecular flexibility index (Phi) is 14.8. The lowest BCUT2D eigenvalue weighted by Gasteiger charge is -2.62. The molecule has 5 aliphatic rings. The van der Waals surface area contributed by atoms with E-state index < -0.39 is 128 Å². The van der Waals surface area contributed by atoms with Crippen LogP contribution in [0.2, 0.25) is 0 Å². The highest BCUT2D eigenvalue weighted by atomic mass is 79.9. The second-order valence-corrected chi connectivity index (χ2v) is 20.1. The van der Waals surface area contributed by atoms with Crippen molar-refractivity contribution in [3.05, 3.63) is 89.0 Å². The Morgan fingerprint density at radius 1 is 0.985 bits per heavy atom. The number of aliphatic hydroxyl groups excluding tert-OH is 1. The van der Waals surface area contributed by atoms with Gasteiger partial charge in [-0.3, -0.25) is 38.1 Å². The molecule has 8 N–H and O–H groups in total. The molecule has 366 valence electrons. The number of allylic oxidation sites excluding steroid dienone is 4. The summed E-state index contributed by atoms with van der Waals surface area (Å²) in [5.41, 5.74) is -3.59. The van der Waals surface area contributed by atoms with E-state index in [0.29, 0.717) is 29.7 Å². The summed E-state index contributed by atoms with van der Waals surface area (Å²) in [6.45, 7) is 1.43. The molecule has 4 aliphatic carbocycles. The molecule has 3 saturated carbocycles. The quantitative estimate of drug-likeness (QED) is 0.0787. The zero-order valence-corrected chi connectivity index (χ0v) is 39.6. The van der Waals surface area contributed by atoms with Gasteiger partial charge in [0.25, 0.3) is 0 Å². The van der Waals surface area contributed by atoms with Crippen LogP contribution in [0.25, 0.3) is 0 Å². The first-order valence-corrected chi connectivity index (χ1v) is 24.6. The predicted octanol–water partition coefficient (Wildman–Crippen LogP) is 3.00. The van der Waals surface area contributed by atoms with E-state index in [1.165, 1.54) is 18.2 Å². The number of aliphatic hydroxyl groups is 1. The van der Waals surface area contributed by atoms with Crippen molar-refractivity contribution in [1.82, 2.24) is 16.0 Å². The minimum Gasteiger partial charge on any atom is -0.481 e. The van der Waals surface area contributed by atoms with Crippen LogP contribution in [0.3, 0.4) is 0 Å². The van der Waals surface area contributed by atoms with Crippen LogP contribution >= 0.6 is 23.8 Å². The minimum atomic E-state index is -5.12. The maximum atomic E-state index is 17.9. The Morgan fingerprint density at radius 3 is 2.40 bits per heavy atom. The van der Waals surface area contributed by atoms with Crippen molar-refractivity contribution < 1.29 is 76.5 Å². The number of Topliss-reactive ketones (excluding diaryl/α,β-unsaturated/α-hetero) is 1. The fraction of sp³-hybridized carbons (Fsp3) is 0.500. The molecule has 1 heterocycles. The molecule has 0 radical (unpaired) electrons. The maximum Gasteiger partial charge on any atom is 0.470 e. The van der Waals surface area contributed by atoms with Gasteiger partial charge < -0.3 is 50.7 Å². The number of ether oxygens (including phenoxy) is 2. The topological polar surface area (TPSA) is 293 Å². The number of anilines is 1. The molecule has 68 heavy (non-hydrogen) atoms. The lowest BCUT2D eigenvalue weighted by molar-refractivity contribution is -0.231. The highest BCUT2D eigenvalue weighted by molar-refractivity contribution is 9.09. The van der Waals surface area contributed by atoms with Crippen LogP contribution in [0.15, 0.2) is 72.3 Å². The number of rotatable bonds is 18. The molecule has 1 aliphatic heterocycles. The highest BCUT2D eigenvalue weighted by Gasteiger charge is 2.79. The van der Waals surface area contributed by atoms with Crippen molar-refractivity contribution in [3.63, 3.8) is 0 Å². The number of aliphatic carboxylic acids is 1. The van der Waals surface area contributed by atoms with E-state index in [9.17, 15) is 53.0 Å². The summed E-state index contributed by atoms with van der Waals surface area (Å²) >= 11 is 2.95. The third-order valence-electron chi connectivity index (χ3n) is 14.3. The van der Waals surface area contributed by atoms with Crippen LogP contribution in [0.4, 0.5) is 10.1 Å². The second-order valence-electron chi connectivity index (χ2n) is 18.3. The number of nitrogens with one attached hydrogen (secondary N) is 4. The number of phosphoric ester groups is 1. The van der Waals surface area contributed by atoms with Gasteiger partial charge >= 0.3 is 13.8 Å². The van der Waals surface area contributed by atoms with E-state index in [4.69, 9.17) is 19.1 Å². The molecular formula is C46H53BrFN4O15P. The van der Waals surface area contributed by atoms with Crippen molar-refractivity contribution >= 4 is 70.6 Å². The third kappa shape index (κ3) is 9.90. The van der Waals surface area contributed by atoms with Gasteiger partial charge in [0, 0.05) is 34.4 Å². The molecule has 0 aromatic heterocycles. The molecule has 0 spiro atoms. The Hall–Kier alpha value is -4.99. The van der Waals surface area contributed by atoms with Gasteiger partial charge in [0.15, 0.2) is 29.1 Å². The maximum absolute atomic E-state index is 17.9. The van der Waals surface area contributed by atoms with Crippen molar-refractivity contribution in [1.29, 1.82) is 0 Å². The summed E-state index contributed by atoms with van der Waals surface area (Å²) in [4.78, 5) is 106. The summed E-state index contributed by atoms with van der Waals surface area (Å²) < 4.78 is 47.7. The summed E-state index contributed by atoms with van der Waals surface area (Å²) in [7, 11) is -5.12. The molecule has 4 amide bonds. The molecule has 2 aromatic carbocycles. The van der Waals surface area contributed by atoms with Gasteiger partial charge in [-0.05, 0) is 86.8 Å². The average Bonchev–Trinajstić information content (AvgIpc) is 3.79. The number of fused-ring (bicyclic) bond motifs is 7. The molecule has 7 rings (SSSR count). The normalized spacial score (nSPS) is 30.7. The number of alkyl halides is 2. The summed E-state index contributed by atoms with van der Waals surface area (Å²) in [5, 5.41) is 30.7. The first kappa shape index (κ1) is 50.9. The van der Waals surface area contributed by atoms with Crippen molar-refractivity contribution in [3.8, 4) is 0 Å². The lowest BCUT2D eigenvalue weighted by Crippen LogP contribution is -2.69. The number of phosphoric acid groups is 1. The van der Waals surface area contributed by atoms with Gasteiger partial charge in [-0.1, -0.05) is 70.9 Å². The first-order valence-electron chi connectivity index (χ1n) is 22.0. The molecule has 10 atom stereocenters. The number of hydrogen-bond acceptors (Lipinski definition) is 12. The first-order chi connectivity index (χ1) is 32.0. The van der Waals surface area contributed by atoms with Gasteiger partial charge in [0.05, 0.1) is 30.6 Å². The van der Waals surface area contributed by atoms with Gasteiger partial charge in [-0.25, -0.2) is 8.96 Å². The van der Waals surface area contributed by atoms with Gasteiger partial charge in [0.2, 0.25) is 23.6 Å². The van der Waals surface area contributed by atoms with Crippen molar-refractivity contribution in [2.75, 3.05) is 30.3 Å². The van der Waals surface area contributed by atoms with Crippen LogP contribution in [0.1, 0.15) is 75.4 Å². The van der Waals surface area contributed by atoms with E-state index in [1.54, 1.807) is 50.2 Å². The fourth-order valence-corrected chi connectivity index (χ4v) is 11.6. The highest BCUT2D eigenvalue weighted by Crippen LogP contribution is 2.72. The van der Waals surface area contributed by atoms with Gasteiger partial charge in [0.1, 0.15) is 12.6 Å². The predicted molar refractivity (Wildman–Crippen MR) is 241 cm³/mol. The number of carboxylic acids is 1. The van der Waals surface area contributed by atoms with E-state index in [-0.39, 0.29) is 36.8 Å². The van der Waals surface area contributed by atoms with E-state index >= 15 is 4.39 Å². The molecule has 0 unspecified atom stereocenters. The standard InChI is InChI=1S/C46H53BrFN4O15P/c1-43-15-14-30(53)18-28(43)8-11-31-32-19-36-46(35(55)24-65-68(62,63)64,44(32,2)20-34(54)45(31,43)48)67-42(66-36)27-5-3-4-26(17-27)16-25-6-9-29(10-7-25)51-38(57)23-50-41(61)33(12-13-40(59)60)52-39(58)22-49-37(56)21-47/h3-7,9-10,14-15,17-18,31-34,36,42,54H,8,11-13,16,19-24H2,1-2H3,(H,49,56)(H,50,61)(H,51,57)(H,52,58)(H,59,60)(H2,62,63,64)/t31-,32-,33-,34-,36+,42+,43-,44-,45-,46+/m0/s1. The Balaban J connectivity index is 1.02. The van der Waals surface area contributed by atoms with Crippen molar-refractivity contribution in [2.24, 2.45) is 22.7 Å². The summed E-state index contributed by atoms with van der Waals surface area (Å²) in [5.74, 6) is -6.27. The number of carboxylic acid groups (broad SMARTS) is 1. The number of carbonyl (C=O) groups excluding carboxylic acids is 6. The molecule has 2 aromatic rings. The number of carbonyl (C=O) groups is 7. The number of halogens is 2. The minimum absolute atomic E-state index is 0.0493. The lowest BCUT2D eigenvalue weighted by atomic mass is 9.44.